The van der Waals surface area contributed by atoms with Crippen molar-refractivity contribution in [3.8, 4) is 0 Å². The lowest BCUT2D eigenvalue weighted by molar-refractivity contribution is -0.141. The fourth-order valence-electron chi connectivity index (χ4n) is 3.98. The first-order chi connectivity index (χ1) is 10.7. The minimum Gasteiger partial charge on any atom is -0.335 e. The molecule has 0 aromatic carbocycles. The number of halogens is 3. The highest BCUT2D eigenvalue weighted by molar-refractivity contribution is 5.89. The van der Waals surface area contributed by atoms with E-state index in [9.17, 15) is 18.0 Å². The first-order valence-electron chi connectivity index (χ1n) is 7.91. The van der Waals surface area contributed by atoms with Gasteiger partial charge in [-0.05, 0) is 38.0 Å². The van der Waals surface area contributed by atoms with E-state index in [4.69, 9.17) is 0 Å². The van der Waals surface area contributed by atoms with E-state index in [1.807, 2.05) is 0 Å². The monoisotopic (exact) mass is 330 g/mol. The molecule has 0 bridgehead atoms. The lowest BCUT2D eigenvalue weighted by atomic mass is 9.63. The first-order valence-corrected chi connectivity index (χ1v) is 7.91. The SMILES string of the molecule is Cc1c(C(F)(F)F)nn(C)c1NC(=O)NC1CCC12CCCC2. The Kier molecular flexibility index (Phi) is 3.80. The van der Waals surface area contributed by atoms with Crippen molar-refractivity contribution >= 4 is 11.8 Å². The molecule has 2 N–H and O–H groups in total. The van der Waals surface area contributed by atoms with Crippen LogP contribution >= 0.6 is 0 Å². The molecule has 0 aliphatic heterocycles. The summed E-state index contributed by atoms with van der Waals surface area (Å²) in [6.45, 7) is 1.31. The Bertz CT molecular complexity index is 617. The van der Waals surface area contributed by atoms with E-state index < -0.39 is 17.9 Å². The van der Waals surface area contributed by atoms with E-state index in [1.54, 1.807) is 0 Å². The van der Waals surface area contributed by atoms with Crippen molar-refractivity contribution in [1.29, 1.82) is 0 Å². The molecule has 2 saturated carbocycles. The van der Waals surface area contributed by atoms with Crippen molar-refractivity contribution in [1.82, 2.24) is 15.1 Å². The van der Waals surface area contributed by atoms with Crippen LogP contribution in [0.1, 0.15) is 49.8 Å². The molecule has 128 valence electrons. The number of hydrogen-bond acceptors (Lipinski definition) is 2. The number of anilines is 1. The van der Waals surface area contributed by atoms with Crippen molar-refractivity contribution in [2.75, 3.05) is 5.32 Å². The predicted molar refractivity (Wildman–Crippen MR) is 79.0 cm³/mol. The Morgan fingerprint density at radius 2 is 1.96 bits per heavy atom. The summed E-state index contributed by atoms with van der Waals surface area (Å²) in [5, 5.41) is 8.92. The topological polar surface area (TPSA) is 59.0 Å². The number of rotatable bonds is 2. The van der Waals surface area contributed by atoms with Gasteiger partial charge in [-0.1, -0.05) is 12.8 Å². The van der Waals surface area contributed by atoms with Crippen LogP contribution in [0, 0.1) is 12.3 Å². The molecule has 0 radical (unpaired) electrons. The number of carbonyl (C=O) groups is 1. The third-order valence-corrected chi connectivity index (χ3v) is 5.36. The van der Waals surface area contributed by atoms with Crippen molar-refractivity contribution in [3.63, 3.8) is 0 Å². The van der Waals surface area contributed by atoms with Gasteiger partial charge in [-0.3, -0.25) is 10.00 Å². The third-order valence-electron chi connectivity index (χ3n) is 5.36. The van der Waals surface area contributed by atoms with Crippen LogP contribution in [0.25, 0.3) is 0 Å². The quantitative estimate of drug-likeness (QED) is 0.870. The van der Waals surface area contributed by atoms with Gasteiger partial charge >= 0.3 is 12.2 Å². The molecule has 5 nitrogen and oxygen atoms in total. The van der Waals surface area contributed by atoms with Gasteiger partial charge in [-0.15, -0.1) is 0 Å². The van der Waals surface area contributed by atoms with Crippen LogP contribution in [0.4, 0.5) is 23.8 Å². The summed E-state index contributed by atoms with van der Waals surface area (Å²) >= 11 is 0. The van der Waals surface area contributed by atoms with Crippen LogP contribution in [0.5, 0.6) is 0 Å². The zero-order valence-corrected chi connectivity index (χ0v) is 13.3. The summed E-state index contributed by atoms with van der Waals surface area (Å²) in [6.07, 6.45) is 2.17. The van der Waals surface area contributed by atoms with Crippen molar-refractivity contribution in [2.45, 2.75) is 57.7 Å². The Balaban J connectivity index is 1.68. The largest absolute Gasteiger partial charge is 0.435 e. The van der Waals surface area contributed by atoms with Crippen molar-refractivity contribution in [2.24, 2.45) is 12.5 Å². The minimum atomic E-state index is -4.53. The maximum absolute atomic E-state index is 12.8. The zero-order chi connectivity index (χ0) is 16.8. The van der Waals surface area contributed by atoms with Gasteiger partial charge in [0.2, 0.25) is 0 Å². The normalized spacial score (nSPS) is 22.9. The number of amides is 2. The standard InChI is InChI=1S/C15H21F3N4O/c1-9-11(15(16,17)18)21-22(2)12(9)20-13(23)19-10-5-8-14(10)6-3-4-7-14/h10H,3-8H2,1-2H3,(H2,19,20,23). The van der Waals surface area contributed by atoms with Gasteiger partial charge in [-0.2, -0.15) is 18.3 Å². The molecular weight excluding hydrogens is 309 g/mol. The number of aryl methyl sites for hydroxylation is 1. The van der Waals surface area contributed by atoms with Gasteiger partial charge in [0.15, 0.2) is 5.69 Å². The molecule has 1 spiro atoms. The summed E-state index contributed by atoms with van der Waals surface area (Å²) in [5.74, 6) is 0.0784. The summed E-state index contributed by atoms with van der Waals surface area (Å²) in [5.41, 5.74) is -0.818. The fourth-order valence-corrected chi connectivity index (χ4v) is 3.98. The number of nitrogens with zero attached hydrogens (tertiary/aromatic N) is 2. The summed E-state index contributed by atoms with van der Waals surface area (Å²) in [6, 6.07) is -0.332. The Hall–Kier alpha value is -1.73. The Labute approximate surface area is 132 Å². The van der Waals surface area contributed by atoms with Crippen LogP contribution in [0.15, 0.2) is 0 Å². The van der Waals surface area contributed by atoms with E-state index in [-0.39, 0.29) is 22.8 Å². The number of aromatic nitrogens is 2. The van der Waals surface area contributed by atoms with E-state index in [0.717, 1.165) is 30.4 Å². The second-order valence-electron chi connectivity index (χ2n) is 6.70. The van der Waals surface area contributed by atoms with Crippen LogP contribution in [0.2, 0.25) is 0 Å². The molecule has 1 aromatic heterocycles. The second-order valence-corrected chi connectivity index (χ2v) is 6.70. The smallest absolute Gasteiger partial charge is 0.335 e. The highest BCUT2D eigenvalue weighted by Crippen LogP contribution is 2.53. The third kappa shape index (κ3) is 2.79. The summed E-state index contributed by atoms with van der Waals surface area (Å²) in [7, 11) is 1.39. The zero-order valence-electron chi connectivity index (χ0n) is 13.3. The number of nitrogens with one attached hydrogen (secondary N) is 2. The number of urea groups is 1. The summed E-state index contributed by atoms with van der Waals surface area (Å²) in [4.78, 5) is 12.2. The van der Waals surface area contributed by atoms with Gasteiger partial charge in [0.05, 0.1) is 0 Å². The van der Waals surface area contributed by atoms with Crippen LogP contribution in [0.3, 0.4) is 0 Å². The van der Waals surface area contributed by atoms with Crippen molar-refractivity contribution in [3.05, 3.63) is 11.3 Å². The molecule has 2 amide bonds. The molecule has 8 heteroatoms. The van der Waals surface area contributed by atoms with Crippen LogP contribution in [-0.4, -0.2) is 21.9 Å². The second kappa shape index (κ2) is 5.42. The van der Waals surface area contributed by atoms with Gasteiger partial charge in [0, 0.05) is 18.7 Å². The van der Waals surface area contributed by atoms with Gasteiger partial charge in [-0.25, -0.2) is 4.79 Å². The van der Waals surface area contributed by atoms with Gasteiger partial charge in [0.25, 0.3) is 0 Å². The molecule has 2 fully saturated rings. The number of carbonyl (C=O) groups excluding carboxylic acids is 1. The predicted octanol–water partition coefficient (Wildman–Crippen LogP) is 3.59. The molecule has 1 atom stereocenters. The molecule has 23 heavy (non-hydrogen) atoms. The fraction of sp³-hybridized carbons (Fsp3) is 0.733. The Morgan fingerprint density at radius 3 is 2.43 bits per heavy atom. The van der Waals surface area contributed by atoms with Crippen molar-refractivity contribution < 1.29 is 18.0 Å². The molecule has 2 aliphatic carbocycles. The number of hydrogen-bond donors (Lipinski definition) is 2. The average molecular weight is 330 g/mol. The Morgan fingerprint density at radius 1 is 1.30 bits per heavy atom. The average Bonchev–Trinajstić information content (AvgIpc) is 3.05. The summed E-state index contributed by atoms with van der Waals surface area (Å²) < 4.78 is 39.6. The van der Waals surface area contributed by atoms with E-state index in [0.29, 0.717) is 0 Å². The molecular formula is C15H21F3N4O. The first kappa shape index (κ1) is 16.1. The van der Waals surface area contributed by atoms with E-state index in [1.165, 1.54) is 26.8 Å². The molecule has 2 aliphatic rings. The van der Waals surface area contributed by atoms with Crippen LogP contribution in [-0.2, 0) is 13.2 Å². The van der Waals surface area contributed by atoms with E-state index >= 15 is 0 Å². The molecule has 1 unspecified atom stereocenters. The highest BCUT2D eigenvalue weighted by atomic mass is 19.4. The maximum atomic E-state index is 12.8. The number of alkyl halides is 3. The molecule has 3 rings (SSSR count). The lowest BCUT2D eigenvalue weighted by Gasteiger charge is -2.47. The highest BCUT2D eigenvalue weighted by Gasteiger charge is 2.48. The molecule has 0 saturated heterocycles. The molecule has 1 aromatic rings. The lowest BCUT2D eigenvalue weighted by Crippen LogP contribution is -2.54. The van der Waals surface area contributed by atoms with Gasteiger partial charge < -0.3 is 5.32 Å². The maximum Gasteiger partial charge on any atom is 0.435 e. The molecule has 1 heterocycles. The van der Waals surface area contributed by atoms with Gasteiger partial charge in [0.1, 0.15) is 5.82 Å². The van der Waals surface area contributed by atoms with Crippen LogP contribution < -0.4 is 10.6 Å². The van der Waals surface area contributed by atoms with E-state index in [2.05, 4.69) is 15.7 Å². The minimum absolute atomic E-state index is 0.0701.